The van der Waals surface area contributed by atoms with E-state index in [1.807, 2.05) is 11.0 Å². The molecule has 1 aliphatic carbocycles. The van der Waals surface area contributed by atoms with E-state index in [-0.39, 0.29) is 11.9 Å². The lowest BCUT2D eigenvalue weighted by Gasteiger charge is -2.21. The predicted molar refractivity (Wildman–Crippen MR) is 120 cm³/mol. The van der Waals surface area contributed by atoms with Gasteiger partial charge in [0.15, 0.2) is 0 Å². The van der Waals surface area contributed by atoms with Gasteiger partial charge in [0.25, 0.3) is 5.91 Å². The van der Waals surface area contributed by atoms with Crippen LogP contribution in [0.3, 0.4) is 0 Å². The van der Waals surface area contributed by atoms with Crippen LogP contribution in [0.2, 0.25) is 0 Å². The number of aromatic nitrogens is 1. The van der Waals surface area contributed by atoms with Gasteiger partial charge in [0.2, 0.25) is 0 Å². The molecule has 2 aliphatic rings. The number of urea groups is 1. The van der Waals surface area contributed by atoms with E-state index in [0.717, 1.165) is 17.8 Å². The molecule has 2 heterocycles. The van der Waals surface area contributed by atoms with E-state index in [9.17, 15) is 22.8 Å². The van der Waals surface area contributed by atoms with Gasteiger partial charge in [0.1, 0.15) is 5.82 Å². The van der Waals surface area contributed by atoms with Crippen molar-refractivity contribution in [1.29, 1.82) is 0 Å². The van der Waals surface area contributed by atoms with Crippen LogP contribution in [0.5, 0.6) is 0 Å². The zero-order valence-corrected chi connectivity index (χ0v) is 19.6. The summed E-state index contributed by atoms with van der Waals surface area (Å²) in [6.45, 7) is 6.99. The van der Waals surface area contributed by atoms with Crippen molar-refractivity contribution in [3.8, 4) is 0 Å². The van der Waals surface area contributed by atoms with Crippen LogP contribution >= 0.6 is 0 Å². The van der Waals surface area contributed by atoms with Crippen molar-refractivity contribution in [3.63, 3.8) is 0 Å². The van der Waals surface area contributed by atoms with Gasteiger partial charge in [-0.1, -0.05) is 13.8 Å². The number of aliphatic carboxylic acids is 1. The van der Waals surface area contributed by atoms with Crippen LogP contribution in [-0.2, 0) is 17.6 Å². The molecule has 0 unspecified atom stereocenters. The van der Waals surface area contributed by atoms with Gasteiger partial charge in [0.05, 0.1) is 5.56 Å². The molecule has 1 aromatic heterocycles. The Labute approximate surface area is 196 Å². The number of fused-ring (bicyclic) bond motifs is 1. The molecule has 4 N–H and O–H groups in total. The van der Waals surface area contributed by atoms with Gasteiger partial charge in [-0.15, -0.1) is 0 Å². The summed E-state index contributed by atoms with van der Waals surface area (Å²) in [7, 11) is 1.64. The van der Waals surface area contributed by atoms with Gasteiger partial charge in [0, 0.05) is 45.3 Å². The van der Waals surface area contributed by atoms with Gasteiger partial charge in [-0.05, 0) is 42.7 Å². The average Bonchev–Trinajstić information content (AvgIpc) is 3.61. The minimum atomic E-state index is -5.08. The smallest absolute Gasteiger partial charge is 0.475 e. The highest BCUT2D eigenvalue weighted by atomic mass is 19.4. The van der Waals surface area contributed by atoms with E-state index >= 15 is 0 Å². The first kappa shape index (κ1) is 27.2. The zero-order chi connectivity index (χ0) is 25.5. The van der Waals surface area contributed by atoms with Crippen LogP contribution in [0.4, 0.5) is 23.8 Å². The largest absolute Gasteiger partial charge is 0.490 e. The van der Waals surface area contributed by atoms with Crippen molar-refractivity contribution in [1.82, 2.24) is 20.5 Å². The minimum absolute atomic E-state index is 0.0184. The number of carboxylic acids is 1. The summed E-state index contributed by atoms with van der Waals surface area (Å²) < 4.78 is 31.7. The van der Waals surface area contributed by atoms with Crippen molar-refractivity contribution in [2.75, 3.05) is 38.5 Å². The van der Waals surface area contributed by atoms with Crippen LogP contribution < -0.4 is 16.0 Å². The van der Waals surface area contributed by atoms with Gasteiger partial charge in [-0.3, -0.25) is 4.79 Å². The fourth-order valence-corrected chi connectivity index (χ4v) is 3.25. The van der Waals surface area contributed by atoms with E-state index < -0.39 is 12.1 Å². The standard InChI is InChI=1S/C20H31N5O2.C2HF3O2/c1-13(2)11-23-20(27)25-8-6-15-10-16(19(26)21-3)18(22-12-14-4-5-14)24-17(15)7-9-25;3-2(4,5)1(6)7/h10,13-14H,4-9,11-12H2,1-3H3,(H,21,26)(H,22,24)(H,23,27);(H,6,7). The molecule has 9 nitrogen and oxygen atoms in total. The van der Waals surface area contributed by atoms with Crippen molar-refractivity contribution in [3.05, 3.63) is 22.9 Å². The molecular formula is C22H32F3N5O4. The quantitative estimate of drug-likeness (QED) is 0.489. The van der Waals surface area contributed by atoms with E-state index in [4.69, 9.17) is 14.9 Å². The van der Waals surface area contributed by atoms with E-state index in [2.05, 4.69) is 29.8 Å². The maximum absolute atomic E-state index is 12.4. The molecule has 12 heteroatoms. The summed E-state index contributed by atoms with van der Waals surface area (Å²) in [6, 6.07) is 1.93. The third-order valence-corrected chi connectivity index (χ3v) is 5.38. The molecule has 1 saturated carbocycles. The second kappa shape index (κ2) is 11.9. The molecule has 0 atom stereocenters. The summed E-state index contributed by atoms with van der Waals surface area (Å²) in [5, 5.41) is 16.2. The molecule has 1 fully saturated rings. The summed E-state index contributed by atoms with van der Waals surface area (Å²) in [5.41, 5.74) is 2.64. The van der Waals surface area contributed by atoms with E-state index in [0.29, 0.717) is 55.7 Å². The van der Waals surface area contributed by atoms with E-state index in [1.54, 1.807) is 7.05 Å². The minimum Gasteiger partial charge on any atom is -0.475 e. The number of halogens is 3. The lowest BCUT2D eigenvalue weighted by molar-refractivity contribution is -0.192. The SMILES string of the molecule is CNC(=O)c1cc2c(nc1NCC1CC1)CCN(C(=O)NCC(C)C)CC2.O=C(O)C(F)(F)F. The Balaban J connectivity index is 0.000000509. The number of amides is 3. The summed E-state index contributed by atoms with van der Waals surface area (Å²) in [6.07, 6.45) is -1.18. The van der Waals surface area contributed by atoms with Gasteiger partial charge >= 0.3 is 18.2 Å². The number of anilines is 1. The normalized spacial score (nSPS) is 15.4. The van der Waals surface area contributed by atoms with Crippen molar-refractivity contribution < 1.29 is 32.7 Å². The molecule has 3 amide bonds. The molecular weight excluding hydrogens is 455 g/mol. The Morgan fingerprint density at radius 1 is 1.21 bits per heavy atom. The van der Waals surface area contributed by atoms with Crippen LogP contribution in [0.25, 0.3) is 0 Å². The Morgan fingerprint density at radius 2 is 1.82 bits per heavy atom. The molecule has 0 aromatic carbocycles. The molecule has 34 heavy (non-hydrogen) atoms. The zero-order valence-electron chi connectivity index (χ0n) is 19.6. The molecule has 190 valence electrons. The molecule has 0 saturated heterocycles. The fourth-order valence-electron chi connectivity index (χ4n) is 3.25. The fraction of sp³-hybridized carbons (Fsp3) is 0.636. The number of pyridine rings is 1. The van der Waals surface area contributed by atoms with E-state index in [1.165, 1.54) is 12.8 Å². The Bertz CT molecular complexity index is 888. The number of hydrogen-bond acceptors (Lipinski definition) is 5. The molecule has 0 bridgehead atoms. The van der Waals surface area contributed by atoms with Crippen molar-refractivity contribution in [2.24, 2.45) is 11.8 Å². The first-order chi connectivity index (χ1) is 15.9. The molecule has 1 aliphatic heterocycles. The maximum atomic E-state index is 12.4. The highest BCUT2D eigenvalue weighted by Crippen LogP contribution is 2.30. The lowest BCUT2D eigenvalue weighted by Crippen LogP contribution is -2.42. The second-order valence-electron chi connectivity index (χ2n) is 8.76. The Morgan fingerprint density at radius 3 is 2.35 bits per heavy atom. The number of rotatable bonds is 6. The monoisotopic (exact) mass is 487 g/mol. The third-order valence-electron chi connectivity index (χ3n) is 5.38. The molecule has 1 aromatic rings. The van der Waals surface area contributed by atoms with Crippen molar-refractivity contribution >= 4 is 23.7 Å². The average molecular weight is 488 g/mol. The number of carbonyl (C=O) groups excluding carboxylic acids is 2. The number of nitrogens with one attached hydrogen (secondary N) is 3. The Hall–Kier alpha value is -3.05. The molecule has 3 rings (SSSR count). The maximum Gasteiger partial charge on any atom is 0.490 e. The summed E-state index contributed by atoms with van der Waals surface area (Å²) in [4.78, 5) is 40.2. The highest BCUT2D eigenvalue weighted by molar-refractivity contribution is 5.98. The highest BCUT2D eigenvalue weighted by Gasteiger charge is 2.38. The lowest BCUT2D eigenvalue weighted by atomic mass is 10.1. The third kappa shape index (κ3) is 8.38. The van der Waals surface area contributed by atoms with Gasteiger partial charge in [-0.2, -0.15) is 13.2 Å². The van der Waals surface area contributed by atoms with Crippen LogP contribution in [0, 0.1) is 11.8 Å². The topological polar surface area (TPSA) is 124 Å². The summed E-state index contributed by atoms with van der Waals surface area (Å²) in [5.74, 6) is -1.09. The second-order valence-corrected chi connectivity index (χ2v) is 8.76. The first-order valence-corrected chi connectivity index (χ1v) is 11.2. The molecule has 0 spiro atoms. The first-order valence-electron chi connectivity index (χ1n) is 11.2. The van der Waals surface area contributed by atoms with Crippen LogP contribution in [0.15, 0.2) is 6.07 Å². The number of nitrogens with zero attached hydrogens (tertiary/aromatic N) is 2. The predicted octanol–water partition coefficient (Wildman–Crippen LogP) is 2.66. The van der Waals surface area contributed by atoms with Gasteiger partial charge < -0.3 is 26.0 Å². The number of carboxylic acid groups (broad SMARTS) is 1. The number of hydrogen-bond donors (Lipinski definition) is 4. The van der Waals surface area contributed by atoms with Crippen molar-refractivity contribution in [2.45, 2.75) is 45.7 Å². The summed E-state index contributed by atoms with van der Waals surface area (Å²) >= 11 is 0. The van der Waals surface area contributed by atoms with Crippen LogP contribution in [-0.4, -0.2) is 72.3 Å². The van der Waals surface area contributed by atoms with Crippen LogP contribution in [0.1, 0.15) is 48.3 Å². The Kier molecular flexibility index (Phi) is 9.51. The number of alkyl halides is 3. The molecule has 0 radical (unpaired) electrons. The number of carbonyl (C=O) groups is 3. The van der Waals surface area contributed by atoms with Gasteiger partial charge in [-0.25, -0.2) is 14.6 Å².